The van der Waals surface area contributed by atoms with Gasteiger partial charge in [0.2, 0.25) is 0 Å². The lowest BCUT2D eigenvalue weighted by molar-refractivity contribution is 0.465. The summed E-state index contributed by atoms with van der Waals surface area (Å²) in [7, 11) is 0. The van der Waals surface area contributed by atoms with Crippen molar-refractivity contribution in [3.8, 4) is 11.6 Å². The second-order valence-corrected chi connectivity index (χ2v) is 5.25. The van der Waals surface area contributed by atoms with Gasteiger partial charge in [-0.2, -0.15) is 0 Å². The fourth-order valence-electron chi connectivity index (χ4n) is 2.15. The van der Waals surface area contributed by atoms with Crippen LogP contribution in [0.15, 0.2) is 36.4 Å². The van der Waals surface area contributed by atoms with Crippen molar-refractivity contribution in [1.29, 1.82) is 0 Å². The fourth-order valence-corrected chi connectivity index (χ4v) is 2.26. The topological polar surface area (TPSA) is 61.0 Å². The second kappa shape index (κ2) is 5.22. The van der Waals surface area contributed by atoms with Gasteiger partial charge in [0.05, 0.1) is 11.0 Å². The first-order valence-corrected chi connectivity index (χ1v) is 6.89. The van der Waals surface area contributed by atoms with Gasteiger partial charge in [-0.25, -0.2) is 9.97 Å². The summed E-state index contributed by atoms with van der Waals surface area (Å²) in [5.41, 5.74) is 9.28. The van der Waals surface area contributed by atoms with E-state index in [0.29, 0.717) is 11.6 Å². The number of nitrogens with zero attached hydrogens (tertiary/aromatic N) is 2. The summed E-state index contributed by atoms with van der Waals surface area (Å²) in [6, 6.07) is 11.2. The van der Waals surface area contributed by atoms with Crippen LogP contribution in [0.3, 0.4) is 0 Å². The van der Waals surface area contributed by atoms with Crippen LogP contribution in [0.25, 0.3) is 11.0 Å². The zero-order chi connectivity index (χ0) is 15.0. The van der Waals surface area contributed by atoms with Gasteiger partial charge in [0.15, 0.2) is 5.82 Å². The summed E-state index contributed by atoms with van der Waals surface area (Å²) >= 11 is 6.15. The largest absolute Gasteiger partial charge is 0.436 e. The molecule has 0 aliphatic rings. The number of hydrogen-bond donors (Lipinski definition) is 1. The smallest absolute Gasteiger partial charge is 0.263 e. The molecule has 4 nitrogen and oxygen atoms in total. The minimum Gasteiger partial charge on any atom is -0.436 e. The quantitative estimate of drug-likeness (QED) is 0.767. The average Bonchev–Trinajstić information content (AvgIpc) is 2.45. The highest BCUT2D eigenvalue weighted by molar-refractivity contribution is 6.32. The first kappa shape index (κ1) is 13.6. The van der Waals surface area contributed by atoms with Crippen molar-refractivity contribution >= 4 is 28.5 Å². The summed E-state index contributed by atoms with van der Waals surface area (Å²) in [5.74, 6) is 1.21. The van der Waals surface area contributed by atoms with E-state index in [9.17, 15) is 0 Å². The van der Waals surface area contributed by atoms with Crippen LogP contribution in [-0.2, 0) is 0 Å². The molecule has 5 heteroatoms. The molecule has 0 unspecified atom stereocenters. The number of aromatic nitrogens is 2. The van der Waals surface area contributed by atoms with Gasteiger partial charge in [-0.1, -0.05) is 23.7 Å². The number of benzene rings is 2. The van der Waals surface area contributed by atoms with Gasteiger partial charge >= 0.3 is 0 Å². The molecule has 106 valence electrons. The molecule has 21 heavy (non-hydrogen) atoms. The standard InChI is InChI=1S/C16H14ClN3O/c1-9-7-11(8-10(2)14(9)17)21-16-15(18)19-12-5-3-4-6-13(12)20-16/h3-8H,1-2H3,(H2,18,19). The average molecular weight is 300 g/mol. The lowest BCUT2D eigenvalue weighted by Crippen LogP contribution is -1.99. The van der Waals surface area contributed by atoms with Gasteiger partial charge in [-0.15, -0.1) is 0 Å². The van der Waals surface area contributed by atoms with E-state index < -0.39 is 0 Å². The Morgan fingerprint density at radius 1 is 1.00 bits per heavy atom. The molecule has 0 aliphatic heterocycles. The molecule has 0 bridgehead atoms. The second-order valence-electron chi connectivity index (χ2n) is 4.88. The zero-order valence-electron chi connectivity index (χ0n) is 11.7. The number of nitrogens with two attached hydrogens (primary N) is 1. The number of rotatable bonds is 2. The molecule has 1 heterocycles. The molecule has 0 atom stereocenters. The van der Waals surface area contributed by atoms with E-state index in [4.69, 9.17) is 22.1 Å². The van der Waals surface area contributed by atoms with Crippen LogP contribution in [0.4, 0.5) is 5.82 Å². The summed E-state index contributed by atoms with van der Waals surface area (Å²) in [6.07, 6.45) is 0. The van der Waals surface area contributed by atoms with E-state index in [-0.39, 0.29) is 5.82 Å². The van der Waals surface area contributed by atoms with Gasteiger partial charge < -0.3 is 10.5 Å². The minimum atomic E-state index is 0.263. The van der Waals surface area contributed by atoms with Crippen molar-refractivity contribution in [2.45, 2.75) is 13.8 Å². The number of fused-ring (bicyclic) bond motifs is 1. The summed E-state index contributed by atoms with van der Waals surface area (Å²) in [6.45, 7) is 3.86. The molecule has 0 spiro atoms. The maximum atomic E-state index is 6.15. The van der Waals surface area contributed by atoms with E-state index in [1.165, 1.54) is 0 Å². The highest BCUT2D eigenvalue weighted by atomic mass is 35.5. The molecule has 0 saturated heterocycles. The van der Waals surface area contributed by atoms with Crippen molar-refractivity contribution in [2.75, 3.05) is 5.73 Å². The monoisotopic (exact) mass is 299 g/mol. The third-order valence-electron chi connectivity index (χ3n) is 3.19. The Bertz CT molecular complexity index is 810. The number of para-hydroxylation sites is 2. The first-order valence-electron chi connectivity index (χ1n) is 6.51. The van der Waals surface area contributed by atoms with Crippen molar-refractivity contribution in [3.63, 3.8) is 0 Å². The number of nitrogen functional groups attached to an aromatic ring is 1. The predicted molar refractivity (Wildman–Crippen MR) is 85.0 cm³/mol. The number of hydrogen-bond acceptors (Lipinski definition) is 4. The summed E-state index contributed by atoms with van der Waals surface area (Å²) in [5, 5.41) is 0.736. The van der Waals surface area contributed by atoms with E-state index in [1.807, 2.05) is 50.2 Å². The third kappa shape index (κ3) is 2.62. The molecule has 0 amide bonds. The number of aryl methyl sites for hydroxylation is 2. The van der Waals surface area contributed by atoms with E-state index >= 15 is 0 Å². The van der Waals surface area contributed by atoms with Crippen LogP contribution in [0.5, 0.6) is 11.6 Å². The lowest BCUT2D eigenvalue weighted by Gasteiger charge is -2.10. The van der Waals surface area contributed by atoms with Crippen molar-refractivity contribution < 1.29 is 4.74 Å². The maximum absolute atomic E-state index is 6.15. The SMILES string of the molecule is Cc1cc(Oc2nc3ccccc3nc2N)cc(C)c1Cl. The van der Waals surface area contributed by atoms with E-state index in [2.05, 4.69) is 9.97 Å². The molecule has 0 radical (unpaired) electrons. The van der Waals surface area contributed by atoms with Crippen LogP contribution >= 0.6 is 11.6 Å². The zero-order valence-corrected chi connectivity index (χ0v) is 12.5. The van der Waals surface area contributed by atoms with Gasteiger partial charge in [0.1, 0.15) is 5.75 Å². The third-order valence-corrected chi connectivity index (χ3v) is 3.78. The van der Waals surface area contributed by atoms with Crippen LogP contribution in [0.1, 0.15) is 11.1 Å². The lowest BCUT2D eigenvalue weighted by atomic mass is 10.1. The number of ether oxygens (including phenoxy) is 1. The molecule has 1 aromatic heterocycles. The highest BCUT2D eigenvalue weighted by Crippen LogP contribution is 2.30. The van der Waals surface area contributed by atoms with Gasteiger partial charge in [0.25, 0.3) is 5.88 Å². The fraction of sp³-hybridized carbons (Fsp3) is 0.125. The first-order chi connectivity index (χ1) is 10.0. The van der Waals surface area contributed by atoms with Crippen LogP contribution in [0, 0.1) is 13.8 Å². The molecule has 3 aromatic rings. The molecule has 0 aliphatic carbocycles. The molecule has 2 N–H and O–H groups in total. The van der Waals surface area contributed by atoms with Crippen LogP contribution in [0.2, 0.25) is 5.02 Å². The molecular formula is C16H14ClN3O. The van der Waals surface area contributed by atoms with Gasteiger partial charge in [0, 0.05) is 5.02 Å². The molecule has 0 saturated carbocycles. The van der Waals surface area contributed by atoms with Crippen molar-refractivity contribution in [1.82, 2.24) is 9.97 Å². The van der Waals surface area contributed by atoms with Crippen molar-refractivity contribution in [2.24, 2.45) is 0 Å². The van der Waals surface area contributed by atoms with E-state index in [1.54, 1.807) is 0 Å². The Hall–Kier alpha value is -2.33. The Labute approximate surface area is 127 Å². The van der Waals surface area contributed by atoms with E-state index in [0.717, 1.165) is 27.2 Å². The Morgan fingerprint density at radius 2 is 1.57 bits per heavy atom. The molecule has 3 rings (SSSR count). The molecule has 0 fully saturated rings. The highest BCUT2D eigenvalue weighted by Gasteiger charge is 2.10. The summed E-state index contributed by atoms with van der Waals surface area (Å²) in [4.78, 5) is 8.71. The summed E-state index contributed by atoms with van der Waals surface area (Å²) < 4.78 is 5.78. The normalized spacial score (nSPS) is 10.8. The number of anilines is 1. The predicted octanol–water partition coefficient (Wildman–Crippen LogP) is 4.27. The van der Waals surface area contributed by atoms with Crippen LogP contribution in [-0.4, -0.2) is 9.97 Å². The van der Waals surface area contributed by atoms with Gasteiger partial charge in [-0.05, 0) is 49.2 Å². The van der Waals surface area contributed by atoms with Crippen LogP contribution < -0.4 is 10.5 Å². The molecular weight excluding hydrogens is 286 g/mol. The Morgan fingerprint density at radius 3 is 2.19 bits per heavy atom. The minimum absolute atomic E-state index is 0.263. The molecule has 2 aromatic carbocycles. The Balaban J connectivity index is 2.03. The Kier molecular flexibility index (Phi) is 3.39. The number of halogens is 1. The van der Waals surface area contributed by atoms with Gasteiger partial charge in [-0.3, -0.25) is 0 Å². The maximum Gasteiger partial charge on any atom is 0.263 e. The van der Waals surface area contributed by atoms with Crippen molar-refractivity contribution in [3.05, 3.63) is 52.5 Å².